The third kappa shape index (κ3) is 2.07. The van der Waals surface area contributed by atoms with Crippen LogP contribution in [0.15, 0.2) is 39.4 Å². The molecule has 0 saturated carbocycles. The van der Waals surface area contributed by atoms with Gasteiger partial charge in [0.05, 0.1) is 0 Å². The Kier molecular flexibility index (Phi) is 2.92. The zero-order chi connectivity index (χ0) is 11.7. The molecule has 0 atom stereocenters. The van der Waals surface area contributed by atoms with E-state index >= 15 is 0 Å². The van der Waals surface area contributed by atoms with Crippen molar-refractivity contribution in [3.8, 4) is 0 Å². The molecule has 1 aliphatic heterocycles. The lowest BCUT2D eigenvalue weighted by atomic mass is 10.2. The number of carbonyl (C=O) groups excluding carboxylic acids is 1. The molecule has 0 saturated heterocycles. The Balaban J connectivity index is 2.32. The minimum absolute atomic E-state index is 0.0552. The van der Waals surface area contributed by atoms with E-state index in [9.17, 15) is 4.79 Å². The Morgan fingerprint density at radius 1 is 1.31 bits per heavy atom. The average molecular weight is 279 g/mol. The van der Waals surface area contributed by atoms with E-state index in [1.807, 2.05) is 31.2 Å². The van der Waals surface area contributed by atoms with Crippen LogP contribution in [0.4, 0.5) is 0 Å². The van der Waals surface area contributed by atoms with Gasteiger partial charge in [-0.3, -0.25) is 9.69 Å². The number of benzene rings is 1. The summed E-state index contributed by atoms with van der Waals surface area (Å²) >= 11 is 3.37. The standard InChI is InChI=1S/C12H11BrN2O/c1-8-14-11(12(16)15(8)2)7-9-3-5-10(13)6-4-9/h3-7H,1-2H3/b11-7+. The van der Waals surface area contributed by atoms with E-state index in [-0.39, 0.29) is 5.91 Å². The number of carbonyl (C=O) groups is 1. The minimum Gasteiger partial charge on any atom is -0.298 e. The highest BCUT2D eigenvalue weighted by atomic mass is 79.9. The lowest BCUT2D eigenvalue weighted by Gasteiger charge is -2.05. The number of hydrogen-bond acceptors (Lipinski definition) is 2. The van der Waals surface area contributed by atoms with Gasteiger partial charge in [-0.05, 0) is 30.7 Å². The number of aliphatic imine (C=N–C) groups is 1. The summed E-state index contributed by atoms with van der Waals surface area (Å²) in [7, 11) is 1.73. The molecule has 0 radical (unpaired) electrons. The lowest BCUT2D eigenvalue weighted by molar-refractivity contribution is -0.121. The summed E-state index contributed by atoms with van der Waals surface area (Å²) in [6.07, 6.45) is 1.79. The molecule has 0 aromatic heterocycles. The van der Waals surface area contributed by atoms with Crippen molar-refractivity contribution in [2.75, 3.05) is 7.05 Å². The van der Waals surface area contributed by atoms with Crippen LogP contribution in [0.2, 0.25) is 0 Å². The molecule has 0 N–H and O–H groups in total. The number of halogens is 1. The maximum atomic E-state index is 11.7. The van der Waals surface area contributed by atoms with Crippen molar-refractivity contribution in [3.05, 3.63) is 40.0 Å². The van der Waals surface area contributed by atoms with Gasteiger partial charge in [-0.2, -0.15) is 0 Å². The number of rotatable bonds is 1. The maximum Gasteiger partial charge on any atom is 0.277 e. The highest BCUT2D eigenvalue weighted by Crippen LogP contribution is 2.18. The van der Waals surface area contributed by atoms with Gasteiger partial charge >= 0.3 is 0 Å². The number of likely N-dealkylation sites (N-methyl/N-ethyl adjacent to an activating group) is 1. The van der Waals surface area contributed by atoms with E-state index in [1.54, 1.807) is 18.0 Å². The van der Waals surface area contributed by atoms with Crippen LogP contribution in [0.1, 0.15) is 12.5 Å². The predicted molar refractivity (Wildman–Crippen MR) is 68.0 cm³/mol. The minimum atomic E-state index is -0.0552. The molecule has 1 aromatic rings. The van der Waals surface area contributed by atoms with Gasteiger partial charge in [0.15, 0.2) is 0 Å². The fourth-order valence-electron chi connectivity index (χ4n) is 1.43. The van der Waals surface area contributed by atoms with Crippen LogP contribution in [0.5, 0.6) is 0 Å². The summed E-state index contributed by atoms with van der Waals surface area (Å²) in [5, 5.41) is 0. The van der Waals surface area contributed by atoms with Crippen molar-refractivity contribution < 1.29 is 4.79 Å². The first-order valence-corrected chi connectivity index (χ1v) is 5.68. The van der Waals surface area contributed by atoms with Crippen molar-refractivity contribution in [2.24, 2.45) is 4.99 Å². The molecule has 0 aliphatic carbocycles. The Bertz CT molecular complexity index is 488. The van der Waals surface area contributed by atoms with Crippen LogP contribution >= 0.6 is 15.9 Å². The Hall–Kier alpha value is -1.42. The smallest absolute Gasteiger partial charge is 0.277 e. The number of amides is 1. The highest BCUT2D eigenvalue weighted by molar-refractivity contribution is 9.10. The normalized spacial score (nSPS) is 18.2. The molecule has 1 heterocycles. The molecule has 1 aliphatic rings. The zero-order valence-corrected chi connectivity index (χ0v) is 10.7. The molecule has 16 heavy (non-hydrogen) atoms. The number of nitrogens with zero attached hydrogens (tertiary/aromatic N) is 2. The molecule has 0 fully saturated rings. The van der Waals surface area contributed by atoms with E-state index < -0.39 is 0 Å². The first kappa shape index (κ1) is 11.1. The molecule has 1 amide bonds. The van der Waals surface area contributed by atoms with Crippen LogP contribution in [0.3, 0.4) is 0 Å². The SMILES string of the molecule is CC1=N/C(=C/c2ccc(Br)cc2)C(=O)N1C. The van der Waals surface area contributed by atoms with Crippen LogP contribution in [0.25, 0.3) is 6.08 Å². The van der Waals surface area contributed by atoms with Crippen molar-refractivity contribution in [3.63, 3.8) is 0 Å². The molecule has 82 valence electrons. The summed E-state index contributed by atoms with van der Waals surface area (Å²) < 4.78 is 1.02. The van der Waals surface area contributed by atoms with Crippen LogP contribution in [-0.4, -0.2) is 23.7 Å². The van der Waals surface area contributed by atoms with Crippen LogP contribution in [0, 0.1) is 0 Å². The van der Waals surface area contributed by atoms with Gasteiger partial charge in [0.2, 0.25) is 0 Å². The first-order chi connectivity index (χ1) is 7.58. The predicted octanol–water partition coefficient (Wildman–Crippen LogP) is 2.68. The Morgan fingerprint density at radius 3 is 2.44 bits per heavy atom. The summed E-state index contributed by atoms with van der Waals surface area (Å²) in [6.45, 7) is 1.82. The molecule has 0 unspecified atom stereocenters. The number of amidine groups is 1. The molecule has 4 heteroatoms. The third-order valence-corrected chi connectivity index (χ3v) is 2.99. The Morgan fingerprint density at radius 2 is 1.94 bits per heavy atom. The van der Waals surface area contributed by atoms with Crippen molar-refractivity contribution in [1.29, 1.82) is 0 Å². The largest absolute Gasteiger partial charge is 0.298 e. The van der Waals surface area contributed by atoms with Gasteiger partial charge in [-0.25, -0.2) is 4.99 Å². The second kappa shape index (κ2) is 4.22. The van der Waals surface area contributed by atoms with Gasteiger partial charge in [-0.15, -0.1) is 0 Å². The second-order valence-electron chi connectivity index (χ2n) is 3.60. The van der Waals surface area contributed by atoms with Gasteiger partial charge in [-0.1, -0.05) is 28.1 Å². The van der Waals surface area contributed by atoms with Gasteiger partial charge in [0.1, 0.15) is 11.5 Å². The third-order valence-electron chi connectivity index (χ3n) is 2.46. The molecule has 0 spiro atoms. The first-order valence-electron chi connectivity index (χ1n) is 4.88. The topological polar surface area (TPSA) is 32.7 Å². The summed E-state index contributed by atoms with van der Waals surface area (Å²) in [4.78, 5) is 17.5. The lowest BCUT2D eigenvalue weighted by Crippen LogP contribution is -2.25. The van der Waals surface area contributed by atoms with Crippen LogP contribution in [-0.2, 0) is 4.79 Å². The number of hydrogen-bond donors (Lipinski definition) is 0. The highest BCUT2D eigenvalue weighted by Gasteiger charge is 2.23. The molecule has 3 nitrogen and oxygen atoms in total. The zero-order valence-electron chi connectivity index (χ0n) is 9.07. The molecule has 0 bridgehead atoms. The fourth-order valence-corrected chi connectivity index (χ4v) is 1.69. The molecule has 2 rings (SSSR count). The van der Waals surface area contributed by atoms with Crippen molar-refractivity contribution >= 4 is 33.7 Å². The van der Waals surface area contributed by atoms with Gasteiger partial charge < -0.3 is 0 Å². The van der Waals surface area contributed by atoms with Gasteiger partial charge in [0.25, 0.3) is 5.91 Å². The monoisotopic (exact) mass is 278 g/mol. The van der Waals surface area contributed by atoms with E-state index in [1.165, 1.54) is 0 Å². The molecule has 1 aromatic carbocycles. The van der Waals surface area contributed by atoms with E-state index in [0.717, 1.165) is 15.9 Å². The summed E-state index contributed by atoms with van der Waals surface area (Å²) in [5.41, 5.74) is 1.46. The van der Waals surface area contributed by atoms with E-state index in [2.05, 4.69) is 20.9 Å². The second-order valence-corrected chi connectivity index (χ2v) is 4.52. The average Bonchev–Trinajstić information content (AvgIpc) is 2.50. The van der Waals surface area contributed by atoms with Crippen molar-refractivity contribution in [2.45, 2.75) is 6.92 Å². The van der Waals surface area contributed by atoms with Crippen LogP contribution < -0.4 is 0 Å². The molecular formula is C12H11BrN2O. The summed E-state index contributed by atoms with van der Waals surface area (Å²) in [6, 6.07) is 7.75. The quantitative estimate of drug-likeness (QED) is 0.727. The van der Waals surface area contributed by atoms with E-state index in [4.69, 9.17) is 0 Å². The fraction of sp³-hybridized carbons (Fsp3) is 0.167. The Labute approximate surface area is 103 Å². The van der Waals surface area contributed by atoms with E-state index in [0.29, 0.717) is 5.70 Å². The maximum absolute atomic E-state index is 11.7. The van der Waals surface area contributed by atoms with Crippen molar-refractivity contribution in [1.82, 2.24) is 4.90 Å². The molecular weight excluding hydrogens is 268 g/mol. The van der Waals surface area contributed by atoms with Gasteiger partial charge in [0, 0.05) is 11.5 Å². The summed E-state index contributed by atoms with van der Waals surface area (Å²) in [5.74, 6) is 0.675.